The lowest BCUT2D eigenvalue weighted by atomic mass is 10.1. The van der Waals surface area contributed by atoms with Crippen molar-refractivity contribution >= 4 is 74.5 Å². The lowest BCUT2D eigenvalue weighted by Gasteiger charge is -2.15. The average Bonchev–Trinajstić information content (AvgIpc) is 2.80. The lowest BCUT2D eigenvalue weighted by Crippen LogP contribution is -2.13. The molecule has 0 aromatic heterocycles. The standard InChI is InChI=1S/C26H21ClI2N2O3/c1-3-33-24-12-18(11-23(29)25(24)34-15-17-5-7-20(28)8-6-17)10-19(14-30)26(32)31-21-9-4-16(2)22(27)13-21/h4-13H,3,15H2,1-2H3,(H,31,32)/b19-10-. The first-order valence-electron chi connectivity index (χ1n) is 10.3. The van der Waals surface area contributed by atoms with Gasteiger partial charge in [-0.25, -0.2) is 0 Å². The summed E-state index contributed by atoms with van der Waals surface area (Å²) in [5.74, 6) is 0.652. The van der Waals surface area contributed by atoms with Crippen LogP contribution in [-0.2, 0) is 11.4 Å². The Hall–Kier alpha value is -2.29. The third kappa shape index (κ3) is 7.10. The quantitative estimate of drug-likeness (QED) is 0.152. The first kappa shape index (κ1) is 26.3. The maximum absolute atomic E-state index is 12.7. The van der Waals surface area contributed by atoms with E-state index in [2.05, 4.69) is 50.5 Å². The summed E-state index contributed by atoms with van der Waals surface area (Å²) in [6.45, 7) is 4.61. The molecular formula is C26H21ClI2N2O3. The molecule has 3 rings (SSSR count). The van der Waals surface area contributed by atoms with Crippen LogP contribution in [0.3, 0.4) is 0 Å². The van der Waals surface area contributed by atoms with Gasteiger partial charge >= 0.3 is 0 Å². The summed E-state index contributed by atoms with van der Waals surface area (Å²) in [5.41, 5.74) is 3.08. The highest BCUT2D eigenvalue weighted by atomic mass is 127. The van der Waals surface area contributed by atoms with Gasteiger partial charge in [0.1, 0.15) is 18.2 Å². The van der Waals surface area contributed by atoms with E-state index in [1.807, 2.05) is 50.2 Å². The van der Waals surface area contributed by atoms with E-state index in [1.165, 1.54) is 6.08 Å². The minimum Gasteiger partial charge on any atom is -0.490 e. The van der Waals surface area contributed by atoms with Crippen molar-refractivity contribution in [1.29, 1.82) is 5.26 Å². The number of hydrogen-bond donors (Lipinski definition) is 1. The Bertz CT molecular complexity index is 1270. The molecule has 0 aliphatic rings. The van der Waals surface area contributed by atoms with Gasteiger partial charge in [-0.1, -0.05) is 29.8 Å². The van der Waals surface area contributed by atoms with Crippen LogP contribution in [0.1, 0.15) is 23.6 Å². The van der Waals surface area contributed by atoms with Crippen molar-refractivity contribution in [2.45, 2.75) is 20.5 Å². The van der Waals surface area contributed by atoms with Gasteiger partial charge in [-0.05, 0) is 118 Å². The fourth-order valence-electron chi connectivity index (χ4n) is 2.99. The van der Waals surface area contributed by atoms with E-state index in [-0.39, 0.29) is 5.57 Å². The summed E-state index contributed by atoms with van der Waals surface area (Å²) in [5, 5.41) is 12.9. The number of rotatable bonds is 8. The summed E-state index contributed by atoms with van der Waals surface area (Å²) in [7, 11) is 0. The lowest BCUT2D eigenvalue weighted by molar-refractivity contribution is -0.112. The zero-order valence-corrected chi connectivity index (χ0v) is 23.6. The van der Waals surface area contributed by atoms with Crippen molar-refractivity contribution in [2.24, 2.45) is 0 Å². The zero-order chi connectivity index (χ0) is 24.7. The van der Waals surface area contributed by atoms with Gasteiger partial charge in [0, 0.05) is 14.3 Å². The number of benzene rings is 3. The Morgan fingerprint density at radius 3 is 2.50 bits per heavy atom. The summed E-state index contributed by atoms with van der Waals surface area (Å²) < 4.78 is 13.8. The summed E-state index contributed by atoms with van der Waals surface area (Å²) >= 11 is 10.6. The molecule has 34 heavy (non-hydrogen) atoms. The van der Waals surface area contributed by atoms with Crippen molar-refractivity contribution < 1.29 is 14.3 Å². The highest BCUT2D eigenvalue weighted by molar-refractivity contribution is 14.1. The number of nitriles is 1. The monoisotopic (exact) mass is 698 g/mol. The first-order valence-corrected chi connectivity index (χ1v) is 12.9. The Labute approximate surface area is 231 Å². The molecule has 0 radical (unpaired) electrons. The number of amides is 1. The second-order valence-corrected chi connectivity index (χ2v) is 10.1. The number of carbonyl (C=O) groups excluding carboxylic acids is 1. The molecular weight excluding hydrogens is 678 g/mol. The van der Waals surface area contributed by atoms with Crippen LogP contribution in [0, 0.1) is 25.4 Å². The minimum atomic E-state index is -0.519. The molecule has 0 aliphatic carbocycles. The number of anilines is 1. The van der Waals surface area contributed by atoms with Crippen molar-refractivity contribution in [2.75, 3.05) is 11.9 Å². The summed E-state index contributed by atoms with van der Waals surface area (Å²) in [6, 6.07) is 18.9. The zero-order valence-electron chi connectivity index (χ0n) is 18.5. The van der Waals surface area contributed by atoms with Crippen molar-refractivity contribution in [1.82, 2.24) is 0 Å². The molecule has 8 heteroatoms. The van der Waals surface area contributed by atoms with E-state index >= 15 is 0 Å². The predicted molar refractivity (Wildman–Crippen MR) is 152 cm³/mol. The minimum absolute atomic E-state index is 0.0393. The Morgan fingerprint density at radius 1 is 1.12 bits per heavy atom. The molecule has 0 heterocycles. The summed E-state index contributed by atoms with van der Waals surface area (Å²) in [4.78, 5) is 12.7. The molecule has 0 bridgehead atoms. The molecule has 1 amide bonds. The van der Waals surface area contributed by atoms with E-state index < -0.39 is 5.91 Å². The second-order valence-electron chi connectivity index (χ2n) is 7.27. The van der Waals surface area contributed by atoms with Crippen LogP contribution in [0.25, 0.3) is 6.08 Å². The Morgan fingerprint density at radius 2 is 1.85 bits per heavy atom. The third-order valence-corrected chi connectivity index (χ3v) is 6.66. The number of halogens is 3. The van der Waals surface area contributed by atoms with Gasteiger partial charge in [0.2, 0.25) is 0 Å². The Kier molecular flexibility index (Phi) is 9.62. The molecule has 3 aromatic carbocycles. The van der Waals surface area contributed by atoms with E-state index in [9.17, 15) is 10.1 Å². The fourth-order valence-corrected chi connectivity index (χ4v) is 4.32. The molecule has 0 saturated heterocycles. The molecule has 174 valence electrons. The van der Waals surface area contributed by atoms with Gasteiger partial charge in [-0.15, -0.1) is 0 Å². The van der Waals surface area contributed by atoms with Gasteiger partial charge in [-0.2, -0.15) is 5.26 Å². The van der Waals surface area contributed by atoms with Crippen LogP contribution in [0.5, 0.6) is 11.5 Å². The van der Waals surface area contributed by atoms with Crippen LogP contribution in [-0.4, -0.2) is 12.5 Å². The fraction of sp³-hybridized carbons (Fsp3) is 0.154. The molecule has 0 aliphatic heterocycles. The third-order valence-electron chi connectivity index (χ3n) is 4.73. The molecule has 3 aromatic rings. The Balaban J connectivity index is 1.84. The van der Waals surface area contributed by atoms with E-state index in [0.29, 0.717) is 41.0 Å². The maximum atomic E-state index is 12.7. The van der Waals surface area contributed by atoms with Gasteiger partial charge in [0.05, 0.1) is 10.2 Å². The average molecular weight is 699 g/mol. The molecule has 1 N–H and O–H groups in total. The maximum Gasteiger partial charge on any atom is 0.266 e. The van der Waals surface area contributed by atoms with Crippen LogP contribution < -0.4 is 14.8 Å². The first-order chi connectivity index (χ1) is 16.3. The highest BCUT2D eigenvalue weighted by Crippen LogP contribution is 2.35. The topological polar surface area (TPSA) is 71.3 Å². The molecule has 0 saturated carbocycles. The van der Waals surface area contributed by atoms with Gasteiger partial charge in [0.25, 0.3) is 5.91 Å². The van der Waals surface area contributed by atoms with Crippen LogP contribution in [0.4, 0.5) is 5.69 Å². The predicted octanol–water partition coefficient (Wildman–Crippen LogP) is 7.38. The van der Waals surface area contributed by atoms with E-state index in [1.54, 1.807) is 24.3 Å². The number of nitrogens with zero attached hydrogens (tertiary/aromatic N) is 1. The molecule has 0 spiro atoms. The number of aryl methyl sites for hydroxylation is 1. The van der Waals surface area contributed by atoms with Crippen LogP contribution >= 0.6 is 56.8 Å². The SMILES string of the molecule is CCOc1cc(/C=C(/C#N)C(=O)Nc2ccc(C)c(Cl)c2)cc(I)c1OCc1ccc(I)cc1. The smallest absolute Gasteiger partial charge is 0.266 e. The van der Waals surface area contributed by atoms with E-state index in [4.69, 9.17) is 21.1 Å². The van der Waals surface area contributed by atoms with E-state index in [0.717, 1.165) is 18.3 Å². The number of carbonyl (C=O) groups is 1. The largest absolute Gasteiger partial charge is 0.490 e. The van der Waals surface area contributed by atoms with Crippen molar-refractivity contribution in [3.05, 3.63) is 89.0 Å². The van der Waals surface area contributed by atoms with Gasteiger partial charge in [0.15, 0.2) is 11.5 Å². The summed E-state index contributed by atoms with van der Waals surface area (Å²) in [6.07, 6.45) is 1.53. The molecule has 5 nitrogen and oxygen atoms in total. The van der Waals surface area contributed by atoms with Crippen LogP contribution in [0.2, 0.25) is 5.02 Å². The molecule has 0 atom stereocenters. The number of hydrogen-bond acceptors (Lipinski definition) is 4. The van der Waals surface area contributed by atoms with Gasteiger partial charge in [-0.3, -0.25) is 4.79 Å². The normalized spacial score (nSPS) is 11.0. The van der Waals surface area contributed by atoms with Crippen LogP contribution in [0.15, 0.2) is 60.2 Å². The molecule has 0 fully saturated rings. The van der Waals surface area contributed by atoms with Crippen molar-refractivity contribution in [3.8, 4) is 17.6 Å². The molecule has 0 unspecified atom stereocenters. The van der Waals surface area contributed by atoms with Gasteiger partial charge < -0.3 is 14.8 Å². The number of ether oxygens (including phenoxy) is 2. The number of nitrogens with one attached hydrogen (secondary N) is 1. The highest BCUT2D eigenvalue weighted by Gasteiger charge is 2.15. The second kappa shape index (κ2) is 12.4. The van der Waals surface area contributed by atoms with Crippen molar-refractivity contribution in [3.63, 3.8) is 0 Å².